The van der Waals surface area contributed by atoms with Gasteiger partial charge in [-0.05, 0) is 91.4 Å². The minimum atomic E-state index is -4.56. The predicted molar refractivity (Wildman–Crippen MR) is 153 cm³/mol. The highest BCUT2D eigenvalue weighted by atomic mass is 19.4. The van der Waals surface area contributed by atoms with Crippen molar-refractivity contribution in [3.05, 3.63) is 111 Å². The van der Waals surface area contributed by atoms with Crippen LogP contribution in [-0.4, -0.2) is 12.9 Å². The van der Waals surface area contributed by atoms with Gasteiger partial charge in [-0.2, -0.15) is 18.4 Å². The molecule has 0 bridgehead atoms. The van der Waals surface area contributed by atoms with Gasteiger partial charge in [-0.3, -0.25) is 9.69 Å². The molecule has 0 amide bonds. The molecular formula is C33H30F3N3O3. The van der Waals surface area contributed by atoms with Gasteiger partial charge in [0.2, 0.25) is 0 Å². The lowest BCUT2D eigenvalue weighted by Crippen LogP contribution is -2.39. The summed E-state index contributed by atoms with van der Waals surface area (Å²) in [5, 5.41) is 10.4. The van der Waals surface area contributed by atoms with E-state index >= 15 is 0 Å². The summed E-state index contributed by atoms with van der Waals surface area (Å²) in [6.45, 7) is 4.12. The van der Waals surface area contributed by atoms with Gasteiger partial charge >= 0.3 is 6.18 Å². The number of ether oxygens (including phenoxy) is 2. The molecular weight excluding hydrogens is 543 g/mol. The minimum Gasteiger partial charge on any atom is -0.497 e. The van der Waals surface area contributed by atoms with Gasteiger partial charge in [-0.25, -0.2) is 0 Å². The topological polar surface area (TPSA) is 88.6 Å². The number of Topliss-reactive ketones (excluding diaryl/α,β-unsaturated/α-hetero) is 1. The van der Waals surface area contributed by atoms with Crippen molar-refractivity contribution in [1.82, 2.24) is 0 Å². The van der Waals surface area contributed by atoms with E-state index in [2.05, 4.69) is 6.07 Å². The highest BCUT2D eigenvalue weighted by Crippen LogP contribution is 2.47. The summed E-state index contributed by atoms with van der Waals surface area (Å²) in [5.41, 5.74) is 10.4. The summed E-state index contributed by atoms with van der Waals surface area (Å²) >= 11 is 0. The van der Waals surface area contributed by atoms with Crippen LogP contribution in [0.4, 0.5) is 18.9 Å². The fraction of sp³-hybridized carbons (Fsp3) is 0.273. The zero-order valence-corrected chi connectivity index (χ0v) is 23.5. The Morgan fingerprint density at radius 1 is 1.02 bits per heavy atom. The SMILES string of the molecule is COc1ccc(OCc2cc(C3C(C#N)=C(N)N(c4cccc(C(F)(F)F)c4)C4=C3C(=O)CCC4)c(C)cc2C)cc1. The van der Waals surface area contributed by atoms with Crippen LogP contribution in [0.25, 0.3) is 0 Å². The maximum absolute atomic E-state index is 13.6. The normalized spacial score (nSPS) is 17.2. The molecule has 1 unspecified atom stereocenters. The fourth-order valence-electron chi connectivity index (χ4n) is 5.73. The second-order valence-corrected chi connectivity index (χ2v) is 10.5. The molecule has 0 fully saturated rings. The van der Waals surface area contributed by atoms with Crippen molar-refractivity contribution in [2.75, 3.05) is 12.0 Å². The van der Waals surface area contributed by atoms with Crippen LogP contribution in [-0.2, 0) is 17.6 Å². The molecule has 3 aromatic carbocycles. The molecule has 0 aromatic heterocycles. The van der Waals surface area contributed by atoms with Crippen LogP contribution in [0.15, 0.2) is 83.3 Å². The molecule has 1 aliphatic heterocycles. The molecule has 2 aliphatic rings. The average molecular weight is 574 g/mol. The van der Waals surface area contributed by atoms with Crippen LogP contribution in [0.3, 0.4) is 0 Å². The summed E-state index contributed by atoms with van der Waals surface area (Å²) in [5.74, 6) is 0.490. The number of halogens is 3. The third-order valence-electron chi connectivity index (χ3n) is 7.83. The van der Waals surface area contributed by atoms with Crippen molar-refractivity contribution in [1.29, 1.82) is 5.26 Å². The molecule has 9 heteroatoms. The van der Waals surface area contributed by atoms with Gasteiger partial charge in [-0.15, -0.1) is 0 Å². The molecule has 216 valence electrons. The average Bonchev–Trinajstić information content (AvgIpc) is 2.96. The van der Waals surface area contributed by atoms with Gasteiger partial charge in [0.1, 0.15) is 23.9 Å². The van der Waals surface area contributed by atoms with E-state index in [1.54, 1.807) is 19.2 Å². The standard InChI is InChI=1S/C33H30F3N3O3/c1-19-14-20(2)26(15-21(19)18-42-25-12-10-24(41-3)11-13-25)30-27(17-37)32(38)39(28-8-5-9-29(40)31(28)30)23-7-4-6-22(16-23)33(34,35)36/h4,6-7,10-16,30H,5,8-9,18,38H2,1-3H3. The van der Waals surface area contributed by atoms with Crippen LogP contribution in [0.5, 0.6) is 11.5 Å². The molecule has 1 aliphatic carbocycles. The number of methoxy groups -OCH3 is 1. The Morgan fingerprint density at radius 3 is 2.40 bits per heavy atom. The Morgan fingerprint density at radius 2 is 1.74 bits per heavy atom. The summed E-state index contributed by atoms with van der Waals surface area (Å²) < 4.78 is 52.0. The zero-order valence-electron chi connectivity index (χ0n) is 23.5. The molecule has 5 rings (SSSR count). The van der Waals surface area contributed by atoms with E-state index in [-0.39, 0.29) is 35.9 Å². The first kappa shape index (κ1) is 28.8. The smallest absolute Gasteiger partial charge is 0.416 e. The van der Waals surface area contributed by atoms with E-state index in [9.17, 15) is 23.2 Å². The number of anilines is 1. The second-order valence-electron chi connectivity index (χ2n) is 10.5. The first-order valence-electron chi connectivity index (χ1n) is 13.5. The number of nitrogens with two attached hydrogens (primary N) is 1. The van der Waals surface area contributed by atoms with Crippen LogP contribution >= 0.6 is 0 Å². The quantitative estimate of drug-likeness (QED) is 0.335. The first-order valence-corrected chi connectivity index (χ1v) is 13.5. The molecule has 1 atom stereocenters. The lowest BCUT2D eigenvalue weighted by molar-refractivity contribution is -0.137. The number of nitriles is 1. The Kier molecular flexibility index (Phi) is 7.74. The number of alkyl halides is 3. The number of hydrogen-bond donors (Lipinski definition) is 1. The van der Waals surface area contributed by atoms with Gasteiger partial charge in [-0.1, -0.05) is 18.2 Å². The largest absolute Gasteiger partial charge is 0.497 e. The number of carbonyl (C=O) groups excluding carboxylic acids is 1. The third kappa shape index (κ3) is 5.32. The molecule has 0 saturated carbocycles. The van der Waals surface area contributed by atoms with E-state index in [0.717, 1.165) is 34.4 Å². The lowest BCUT2D eigenvalue weighted by Gasteiger charge is -2.40. The number of aryl methyl sites for hydroxylation is 2. The molecule has 1 heterocycles. The van der Waals surface area contributed by atoms with Crippen LogP contribution in [0.1, 0.15) is 53.0 Å². The van der Waals surface area contributed by atoms with Crippen molar-refractivity contribution in [3.63, 3.8) is 0 Å². The molecule has 6 nitrogen and oxygen atoms in total. The summed E-state index contributed by atoms with van der Waals surface area (Å²) in [6.07, 6.45) is -3.31. The lowest BCUT2D eigenvalue weighted by atomic mass is 9.74. The van der Waals surface area contributed by atoms with Gasteiger partial charge in [0.05, 0.1) is 30.2 Å². The van der Waals surface area contributed by atoms with Crippen molar-refractivity contribution >= 4 is 11.5 Å². The number of ketones is 1. The maximum Gasteiger partial charge on any atom is 0.416 e. The summed E-state index contributed by atoms with van der Waals surface area (Å²) in [6, 6.07) is 18.1. The molecule has 0 spiro atoms. The summed E-state index contributed by atoms with van der Waals surface area (Å²) in [4.78, 5) is 15.0. The highest BCUT2D eigenvalue weighted by Gasteiger charge is 2.41. The van der Waals surface area contributed by atoms with Crippen molar-refractivity contribution in [2.45, 2.75) is 51.8 Å². The fourth-order valence-corrected chi connectivity index (χ4v) is 5.73. The Balaban J connectivity index is 1.60. The van der Waals surface area contributed by atoms with E-state index in [0.29, 0.717) is 35.6 Å². The minimum absolute atomic E-state index is 0.0197. The van der Waals surface area contributed by atoms with Gasteiger partial charge in [0.15, 0.2) is 5.78 Å². The number of rotatable bonds is 6. The van der Waals surface area contributed by atoms with Crippen molar-refractivity contribution in [2.24, 2.45) is 5.73 Å². The monoisotopic (exact) mass is 573 g/mol. The van der Waals surface area contributed by atoms with Gasteiger partial charge in [0, 0.05) is 23.4 Å². The Bertz CT molecular complexity index is 1650. The predicted octanol–water partition coefficient (Wildman–Crippen LogP) is 7.21. The molecule has 0 radical (unpaired) electrons. The molecule has 3 aromatic rings. The zero-order chi connectivity index (χ0) is 30.2. The summed E-state index contributed by atoms with van der Waals surface area (Å²) in [7, 11) is 1.59. The van der Waals surface area contributed by atoms with Crippen LogP contribution in [0.2, 0.25) is 0 Å². The second kappa shape index (κ2) is 11.3. The Hall–Kier alpha value is -4.71. The number of nitrogens with zero attached hydrogens (tertiary/aromatic N) is 2. The maximum atomic E-state index is 13.6. The van der Waals surface area contributed by atoms with Crippen LogP contribution in [0, 0.1) is 25.2 Å². The number of allylic oxidation sites excluding steroid dienone is 3. The van der Waals surface area contributed by atoms with E-state index in [1.807, 2.05) is 38.1 Å². The number of hydrogen-bond acceptors (Lipinski definition) is 6. The van der Waals surface area contributed by atoms with E-state index in [4.69, 9.17) is 15.2 Å². The Labute approximate surface area is 242 Å². The molecule has 0 saturated heterocycles. The van der Waals surface area contributed by atoms with Crippen molar-refractivity contribution < 1.29 is 27.4 Å². The van der Waals surface area contributed by atoms with Gasteiger partial charge < -0.3 is 15.2 Å². The number of benzene rings is 3. The highest BCUT2D eigenvalue weighted by molar-refractivity contribution is 6.01. The van der Waals surface area contributed by atoms with E-state index in [1.165, 1.54) is 17.0 Å². The number of carbonyl (C=O) groups is 1. The third-order valence-corrected chi connectivity index (χ3v) is 7.83. The first-order chi connectivity index (χ1) is 20.0. The van der Waals surface area contributed by atoms with Crippen molar-refractivity contribution in [3.8, 4) is 17.6 Å². The van der Waals surface area contributed by atoms with E-state index < -0.39 is 17.7 Å². The molecule has 2 N–H and O–H groups in total. The molecule has 42 heavy (non-hydrogen) atoms. The van der Waals surface area contributed by atoms with Crippen LogP contribution < -0.4 is 20.1 Å². The van der Waals surface area contributed by atoms with Gasteiger partial charge in [0.25, 0.3) is 0 Å².